The van der Waals surface area contributed by atoms with Crippen LogP contribution < -0.4 is 5.32 Å². The van der Waals surface area contributed by atoms with Crippen LogP contribution in [0.5, 0.6) is 0 Å². The summed E-state index contributed by atoms with van der Waals surface area (Å²) in [6, 6.07) is 9.40. The standard InChI is InChI=1S/C11H10N2OS/c1-8-3-2-4-9(7-8)13-11(14)10-5-6-12-15-10/h2-7H,1H3,(H,13,14). The Morgan fingerprint density at radius 3 is 2.93 bits per heavy atom. The van der Waals surface area contributed by atoms with Crippen LogP contribution in [0.25, 0.3) is 0 Å². The van der Waals surface area contributed by atoms with Gasteiger partial charge in [-0.3, -0.25) is 4.79 Å². The van der Waals surface area contributed by atoms with Crippen LogP contribution in [-0.4, -0.2) is 10.3 Å². The Balaban J connectivity index is 2.13. The second-order valence-corrected chi connectivity index (χ2v) is 4.03. The van der Waals surface area contributed by atoms with Gasteiger partial charge in [-0.1, -0.05) is 12.1 Å². The Morgan fingerprint density at radius 1 is 1.40 bits per heavy atom. The second-order valence-electron chi connectivity index (χ2n) is 3.20. The van der Waals surface area contributed by atoms with Crippen LogP contribution >= 0.6 is 11.5 Å². The van der Waals surface area contributed by atoms with Crippen molar-refractivity contribution in [3.63, 3.8) is 0 Å². The highest BCUT2D eigenvalue weighted by Gasteiger charge is 2.06. The first-order valence-corrected chi connectivity index (χ1v) is 5.32. The Hall–Kier alpha value is -1.68. The number of benzene rings is 1. The molecule has 1 amide bonds. The minimum Gasteiger partial charge on any atom is -0.321 e. The van der Waals surface area contributed by atoms with Gasteiger partial charge in [-0.05, 0) is 42.2 Å². The minimum absolute atomic E-state index is 0.108. The smallest absolute Gasteiger partial charge is 0.267 e. The van der Waals surface area contributed by atoms with Gasteiger partial charge in [0.15, 0.2) is 0 Å². The summed E-state index contributed by atoms with van der Waals surface area (Å²) in [7, 11) is 0. The van der Waals surface area contributed by atoms with Crippen LogP contribution in [0.1, 0.15) is 15.2 Å². The minimum atomic E-state index is -0.108. The van der Waals surface area contributed by atoms with Gasteiger partial charge >= 0.3 is 0 Å². The fourth-order valence-electron chi connectivity index (χ4n) is 1.25. The van der Waals surface area contributed by atoms with Crippen molar-refractivity contribution in [2.75, 3.05) is 5.32 Å². The lowest BCUT2D eigenvalue weighted by atomic mass is 10.2. The van der Waals surface area contributed by atoms with Gasteiger partial charge in [-0.15, -0.1) is 0 Å². The van der Waals surface area contributed by atoms with Crippen molar-refractivity contribution in [2.24, 2.45) is 0 Å². The molecule has 0 spiro atoms. The summed E-state index contributed by atoms with van der Waals surface area (Å²) in [4.78, 5) is 12.3. The molecule has 1 aromatic carbocycles. The molecule has 3 nitrogen and oxygen atoms in total. The highest BCUT2D eigenvalue weighted by molar-refractivity contribution is 7.08. The normalized spacial score (nSPS) is 9.93. The number of carbonyl (C=O) groups is 1. The number of amides is 1. The van der Waals surface area contributed by atoms with Crippen molar-refractivity contribution in [1.82, 2.24) is 4.37 Å². The van der Waals surface area contributed by atoms with Crippen molar-refractivity contribution in [2.45, 2.75) is 6.92 Å². The van der Waals surface area contributed by atoms with Gasteiger partial charge in [-0.25, -0.2) is 4.37 Å². The predicted octanol–water partition coefficient (Wildman–Crippen LogP) is 2.70. The molecule has 0 atom stereocenters. The molecular formula is C11H10N2OS. The molecule has 76 valence electrons. The molecule has 1 heterocycles. The number of hydrogen-bond donors (Lipinski definition) is 1. The van der Waals surface area contributed by atoms with E-state index in [1.165, 1.54) is 11.5 Å². The summed E-state index contributed by atoms with van der Waals surface area (Å²) < 4.78 is 3.88. The molecule has 0 aliphatic heterocycles. The number of hydrogen-bond acceptors (Lipinski definition) is 3. The third-order valence-corrected chi connectivity index (χ3v) is 2.68. The first-order chi connectivity index (χ1) is 7.25. The van der Waals surface area contributed by atoms with E-state index in [1.54, 1.807) is 12.3 Å². The van der Waals surface area contributed by atoms with Gasteiger partial charge in [0.05, 0.1) is 0 Å². The third kappa shape index (κ3) is 2.41. The fraction of sp³-hybridized carbons (Fsp3) is 0.0909. The zero-order chi connectivity index (χ0) is 10.7. The maximum Gasteiger partial charge on any atom is 0.267 e. The van der Waals surface area contributed by atoms with Crippen LogP contribution in [0.3, 0.4) is 0 Å². The van der Waals surface area contributed by atoms with Gasteiger partial charge < -0.3 is 5.32 Å². The lowest BCUT2D eigenvalue weighted by Gasteiger charge is -2.03. The molecule has 0 radical (unpaired) electrons. The van der Waals surface area contributed by atoms with E-state index in [0.717, 1.165) is 11.3 Å². The number of aryl methyl sites for hydroxylation is 1. The molecule has 4 heteroatoms. The SMILES string of the molecule is Cc1cccc(NC(=O)c2ccns2)c1. The lowest BCUT2D eigenvalue weighted by Crippen LogP contribution is -2.09. The highest BCUT2D eigenvalue weighted by Crippen LogP contribution is 2.12. The Kier molecular flexibility index (Phi) is 2.78. The number of nitrogens with zero attached hydrogens (tertiary/aromatic N) is 1. The van der Waals surface area contributed by atoms with Crippen molar-refractivity contribution in [3.05, 3.63) is 47.0 Å². The molecule has 0 saturated carbocycles. The van der Waals surface area contributed by atoms with Gasteiger partial charge in [0.2, 0.25) is 0 Å². The Morgan fingerprint density at radius 2 is 2.27 bits per heavy atom. The third-order valence-electron chi connectivity index (χ3n) is 1.94. The zero-order valence-corrected chi connectivity index (χ0v) is 9.04. The molecule has 0 fully saturated rings. The lowest BCUT2D eigenvalue weighted by molar-refractivity contribution is 0.103. The second kappa shape index (κ2) is 4.23. The molecular weight excluding hydrogens is 208 g/mol. The number of nitrogens with one attached hydrogen (secondary N) is 1. The summed E-state index contributed by atoms with van der Waals surface area (Å²) >= 11 is 1.19. The summed E-state index contributed by atoms with van der Waals surface area (Å²) in [5, 5.41) is 2.82. The molecule has 0 unspecified atom stereocenters. The van der Waals surface area contributed by atoms with Crippen molar-refractivity contribution < 1.29 is 4.79 Å². The first-order valence-electron chi connectivity index (χ1n) is 4.54. The molecule has 0 bridgehead atoms. The topological polar surface area (TPSA) is 42.0 Å². The fourth-order valence-corrected chi connectivity index (χ4v) is 1.74. The maximum absolute atomic E-state index is 11.6. The van der Waals surface area contributed by atoms with Crippen LogP contribution in [0.15, 0.2) is 36.5 Å². The molecule has 0 aliphatic carbocycles. The van der Waals surface area contributed by atoms with E-state index < -0.39 is 0 Å². The quantitative estimate of drug-likeness (QED) is 0.842. The van der Waals surface area contributed by atoms with E-state index in [1.807, 2.05) is 31.2 Å². The van der Waals surface area contributed by atoms with Gasteiger partial charge in [0.1, 0.15) is 4.88 Å². The van der Waals surface area contributed by atoms with Crippen molar-refractivity contribution >= 4 is 23.1 Å². The Labute approximate surface area is 91.9 Å². The molecule has 2 rings (SSSR count). The largest absolute Gasteiger partial charge is 0.321 e. The van der Waals surface area contributed by atoms with Crippen LogP contribution in [0, 0.1) is 6.92 Å². The number of anilines is 1. The average molecular weight is 218 g/mol. The average Bonchev–Trinajstić information content (AvgIpc) is 2.70. The summed E-state index contributed by atoms with van der Waals surface area (Å²) in [5.74, 6) is -0.108. The van der Waals surface area contributed by atoms with Gasteiger partial charge in [-0.2, -0.15) is 0 Å². The highest BCUT2D eigenvalue weighted by atomic mass is 32.1. The zero-order valence-electron chi connectivity index (χ0n) is 8.23. The van der Waals surface area contributed by atoms with Gasteiger partial charge in [0, 0.05) is 11.9 Å². The van der Waals surface area contributed by atoms with Crippen molar-refractivity contribution in [1.29, 1.82) is 0 Å². The van der Waals surface area contributed by atoms with E-state index in [2.05, 4.69) is 9.69 Å². The molecule has 0 aliphatic rings. The van der Waals surface area contributed by atoms with Crippen LogP contribution in [0.2, 0.25) is 0 Å². The predicted molar refractivity (Wildman–Crippen MR) is 61.2 cm³/mol. The summed E-state index contributed by atoms with van der Waals surface area (Å²) in [6.07, 6.45) is 1.62. The molecule has 1 aromatic heterocycles. The van der Waals surface area contributed by atoms with E-state index in [4.69, 9.17) is 0 Å². The van der Waals surface area contributed by atoms with E-state index in [9.17, 15) is 4.79 Å². The molecule has 1 N–H and O–H groups in total. The summed E-state index contributed by atoms with van der Waals surface area (Å²) in [5.41, 5.74) is 1.94. The van der Waals surface area contributed by atoms with E-state index in [-0.39, 0.29) is 5.91 Å². The van der Waals surface area contributed by atoms with E-state index in [0.29, 0.717) is 4.88 Å². The van der Waals surface area contributed by atoms with Crippen LogP contribution in [0.4, 0.5) is 5.69 Å². The summed E-state index contributed by atoms with van der Waals surface area (Å²) in [6.45, 7) is 1.99. The number of carbonyl (C=O) groups excluding carboxylic acids is 1. The first kappa shape index (κ1) is 9.86. The molecule has 2 aromatic rings. The Bertz CT molecular complexity index is 465. The number of rotatable bonds is 2. The van der Waals surface area contributed by atoms with Gasteiger partial charge in [0.25, 0.3) is 5.91 Å². The van der Waals surface area contributed by atoms with Crippen LogP contribution in [-0.2, 0) is 0 Å². The molecule has 0 saturated heterocycles. The number of aromatic nitrogens is 1. The van der Waals surface area contributed by atoms with Crippen molar-refractivity contribution in [3.8, 4) is 0 Å². The monoisotopic (exact) mass is 218 g/mol. The molecule has 15 heavy (non-hydrogen) atoms. The maximum atomic E-state index is 11.6. The van der Waals surface area contributed by atoms with E-state index >= 15 is 0 Å².